The molecule has 1 heterocycles. The lowest BCUT2D eigenvalue weighted by Crippen LogP contribution is -2.16. The maximum atomic E-state index is 4.55. The van der Waals surface area contributed by atoms with Gasteiger partial charge in [-0.3, -0.25) is 0 Å². The lowest BCUT2D eigenvalue weighted by atomic mass is 10.1. The van der Waals surface area contributed by atoms with Gasteiger partial charge in [0.1, 0.15) is 0 Å². The van der Waals surface area contributed by atoms with Gasteiger partial charge in [-0.25, -0.2) is 0 Å². The zero-order valence-corrected chi connectivity index (χ0v) is 13.2. The van der Waals surface area contributed by atoms with Crippen molar-refractivity contribution in [1.29, 1.82) is 0 Å². The number of benzene rings is 1. The van der Waals surface area contributed by atoms with Gasteiger partial charge in [0.15, 0.2) is 5.82 Å². The van der Waals surface area contributed by atoms with E-state index < -0.39 is 0 Å². The maximum Gasteiger partial charge on any atom is 0.230 e. The van der Waals surface area contributed by atoms with Crippen molar-refractivity contribution in [1.82, 2.24) is 15.0 Å². The first-order valence-electron chi connectivity index (χ1n) is 7.40. The topological polar surface area (TPSA) is 53.9 Å². The molecule has 0 unspecified atom stereocenters. The van der Waals surface area contributed by atoms with Crippen LogP contribution in [-0.4, -0.2) is 35.6 Å². The van der Waals surface area contributed by atoms with Gasteiger partial charge in [0.05, 0.1) is 0 Å². The highest BCUT2D eigenvalue weighted by Gasteiger charge is 2.10. The second-order valence-corrected chi connectivity index (χ2v) is 5.16. The largest absolute Gasteiger partial charge is 0.354 e. The maximum absolute atomic E-state index is 4.55. The molecule has 0 aliphatic heterocycles. The van der Waals surface area contributed by atoms with Crippen LogP contribution in [0.4, 0.5) is 11.9 Å². The predicted molar refractivity (Wildman–Crippen MR) is 87.7 cm³/mol. The van der Waals surface area contributed by atoms with E-state index in [0.717, 1.165) is 24.9 Å². The van der Waals surface area contributed by atoms with Crippen LogP contribution in [0.3, 0.4) is 0 Å². The Hall–Kier alpha value is -2.17. The average molecular weight is 285 g/mol. The second kappa shape index (κ2) is 7.02. The Kier molecular flexibility index (Phi) is 5.09. The van der Waals surface area contributed by atoms with E-state index >= 15 is 0 Å². The average Bonchev–Trinajstić information content (AvgIpc) is 2.52. The minimum Gasteiger partial charge on any atom is -0.354 e. The van der Waals surface area contributed by atoms with Crippen molar-refractivity contribution in [3.05, 3.63) is 29.8 Å². The summed E-state index contributed by atoms with van der Waals surface area (Å²) in [5, 5.41) is 3.24. The zero-order valence-electron chi connectivity index (χ0n) is 13.2. The van der Waals surface area contributed by atoms with Crippen LogP contribution in [0.15, 0.2) is 24.3 Å². The van der Waals surface area contributed by atoms with Gasteiger partial charge in [-0.1, -0.05) is 32.0 Å². The van der Waals surface area contributed by atoms with Crippen molar-refractivity contribution in [2.24, 2.45) is 0 Å². The Balaban J connectivity index is 2.43. The number of hydrogen-bond donors (Lipinski definition) is 1. The number of nitrogens with one attached hydrogen (secondary N) is 1. The van der Waals surface area contributed by atoms with Crippen LogP contribution in [0, 0.1) is 0 Å². The Bertz CT molecular complexity index is 595. The molecule has 0 spiro atoms. The molecular formula is C16H23N5. The molecule has 0 atom stereocenters. The van der Waals surface area contributed by atoms with Gasteiger partial charge in [0, 0.05) is 26.2 Å². The molecule has 5 nitrogen and oxygen atoms in total. The molecule has 1 N–H and O–H groups in total. The molecule has 0 saturated carbocycles. The molecule has 21 heavy (non-hydrogen) atoms. The van der Waals surface area contributed by atoms with E-state index in [0.29, 0.717) is 17.7 Å². The highest BCUT2D eigenvalue weighted by Crippen LogP contribution is 2.20. The third-order valence-corrected chi connectivity index (χ3v) is 3.15. The summed E-state index contributed by atoms with van der Waals surface area (Å²) in [6.07, 6.45) is 2.03. The molecule has 0 radical (unpaired) electrons. The summed E-state index contributed by atoms with van der Waals surface area (Å²) >= 11 is 0. The Labute approximate surface area is 126 Å². The molecule has 0 bridgehead atoms. The highest BCUT2D eigenvalue weighted by atomic mass is 15.3. The van der Waals surface area contributed by atoms with Crippen LogP contribution in [0.1, 0.15) is 25.8 Å². The van der Waals surface area contributed by atoms with E-state index in [2.05, 4.69) is 46.2 Å². The lowest BCUT2D eigenvalue weighted by Gasteiger charge is -2.13. The molecule has 2 aromatic rings. The van der Waals surface area contributed by atoms with Crippen molar-refractivity contribution in [3.8, 4) is 11.4 Å². The Morgan fingerprint density at radius 3 is 2.57 bits per heavy atom. The van der Waals surface area contributed by atoms with Gasteiger partial charge in [0.25, 0.3) is 0 Å². The number of aryl methyl sites for hydroxylation is 1. The Morgan fingerprint density at radius 1 is 1.10 bits per heavy atom. The summed E-state index contributed by atoms with van der Waals surface area (Å²) in [4.78, 5) is 15.4. The number of rotatable bonds is 6. The van der Waals surface area contributed by atoms with E-state index in [1.165, 1.54) is 5.56 Å². The fourth-order valence-corrected chi connectivity index (χ4v) is 1.94. The molecule has 2 rings (SSSR count). The number of anilines is 2. The van der Waals surface area contributed by atoms with Gasteiger partial charge >= 0.3 is 0 Å². The van der Waals surface area contributed by atoms with Gasteiger partial charge in [0.2, 0.25) is 11.9 Å². The third-order valence-electron chi connectivity index (χ3n) is 3.15. The fraction of sp³-hybridized carbons (Fsp3) is 0.438. The highest BCUT2D eigenvalue weighted by molar-refractivity contribution is 5.59. The second-order valence-electron chi connectivity index (χ2n) is 5.16. The molecule has 112 valence electrons. The van der Waals surface area contributed by atoms with Crippen molar-refractivity contribution in [3.63, 3.8) is 0 Å². The summed E-state index contributed by atoms with van der Waals surface area (Å²) in [6.45, 7) is 5.12. The monoisotopic (exact) mass is 285 g/mol. The van der Waals surface area contributed by atoms with Crippen molar-refractivity contribution in [2.45, 2.75) is 26.7 Å². The van der Waals surface area contributed by atoms with E-state index in [-0.39, 0.29) is 0 Å². The Morgan fingerprint density at radius 2 is 1.90 bits per heavy atom. The van der Waals surface area contributed by atoms with E-state index in [4.69, 9.17) is 0 Å². The van der Waals surface area contributed by atoms with Crippen molar-refractivity contribution in [2.75, 3.05) is 30.9 Å². The van der Waals surface area contributed by atoms with Gasteiger partial charge in [-0.2, -0.15) is 15.0 Å². The van der Waals surface area contributed by atoms with E-state index in [9.17, 15) is 0 Å². The molecule has 5 heteroatoms. The molecule has 0 aliphatic rings. The minimum absolute atomic E-state index is 0.632. The van der Waals surface area contributed by atoms with Crippen LogP contribution >= 0.6 is 0 Å². The van der Waals surface area contributed by atoms with Gasteiger partial charge in [-0.15, -0.1) is 0 Å². The first-order chi connectivity index (χ1) is 10.1. The SMILES string of the molecule is CCCNc1nc(-c2cccc(CC)c2)nc(N(C)C)n1. The molecule has 1 aromatic heterocycles. The van der Waals surface area contributed by atoms with E-state index in [1.54, 1.807) is 0 Å². The first-order valence-corrected chi connectivity index (χ1v) is 7.40. The predicted octanol–water partition coefficient (Wildman–Crippen LogP) is 2.99. The number of aromatic nitrogens is 3. The van der Waals surface area contributed by atoms with Crippen LogP contribution < -0.4 is 10.2 Å². The normalized spacial score (nSPS) is 10.5. The molecule has 0 saturated heterocycles. The van der Waals surface area contributed by atoms with Crippen LogP contribution in [0.2, 0.25) is 0 Å². The molecular weight excluding hydrogens is 262 g/mol. The smallest absolute Gasteiger partial charge is 0.230 e. The van der Waals surface area contributed by atoms with Crippen LogP contribution in [0.25, 0.3) is 11.4 Å². The van der Waals surface area contributed by atoms with Crippen LogP contribution in [-0.2, 0) is 6.42 Å². The standard InChI is InChI=1S/C16H23N5/c1-5-10-17-15-18-14(19-16(20-15)21(3)4)13-9-7-8-12(6-2)11-13/h7-9,11H,5-6,10H2,1-4H3,(H,17,18,19,20). The quantitative estimate of drug-likeness (QED) is 0.884. The van der Waals surface area contributed by atoms with Crippen LogP contribution in [0.5, 0.6) is 0 Å². The third kappa shape index (κ3) is 3.90. The van der Waals surface area contributed by atoms with E-state index in [1.807, 2.05) is 31.1 Å². The molecule has 1 aromatic carbocycles. The summed E-state index contributed by atoms with van der Waals surface area (Å²) in [5.41, 5.74) is 2.31. The van der Waals surface area contributed by atoms with Crippen molar-refractivity contribution < 1.29 is 0 Å². The van der Waals surface area contributed by atoms with Gasteiger partial charge < -0.3 is 10.2 Å². The van der Waals surface area contributed by atoms with Crippen molar-refractivity contribution >= 4 is 11.9 Å². The molecule has 0 amide bonds. The molecule has 0 fully saturated rings. The lowest BCUT2D eigenvalue weighted by molar-refractivity contribution is 0.919. The van der Waals surface area contributed by atoms with Gasteiger partial charge in [-0.05, 0) is 24.5 Å². The number of nitrogens with zero attached hydrogens (tertiary/aromatic N) is 4. The first kappa shape index (κ1) is 15.2. The number of hydrogen-bond acceptors (Lipinski definition) is 5. The molecule has 0 aliphatic carbocycles. The summed E-state index contributed by atoms with van der Waals surface area (Å²) in [5.74, 6) is 2.01. The zero-order chi connectivity index (χ0) is 15.2. The minimum atomic E-state index is 0.632. The summed E-state index contributed by atoms with van der Waals surface area (Å²) in [7, 11) is 3.87. The summed E-state index contributed by atoms with van der Waals surface area (Å²) < 4.78 is 0. The fourth-order valence-electron chi connectivity index (χ4n) is 1.94. The summed E-state index contributed by atoms with van der Waals surface area (Å²) in [6, 6.07) is 8.34.